The van der Waals surface area contributed by atoms with Crippen molar-refractivity contribution in [1.82, 2.24) is 9.29 Å². The van der Waals surface area contributed by atoms with E-state index in [1.807, 2.05) is 0 Å². The maximum atomic E-state index is 12.5. The van der Waals surface area contributed by atoms with E-state index in [2.05, 4.69) is 24.3 Å². The Labute approximate surface area is 114 Å². The Morgan fingerprint density at radius 1 is 1.42 bits per heavy atom. The number of anilines is 1. The zero-order valence-corrected chi connectivity index (χ0v) is 12.1. The summed E-state index contributed by atoms with van der Waals surface area (Å²) in [6, 6.07) is 3.08. The van der Waals surface area contributed by atoms with Crippen LogP contribution >= 0.6 is 0 Å². The molecule has 0 saturated carbocycles. The van der Waals surface area contributed by atoms with Gasteiger partial charge in [0.1, 0.15) is 10.7 Å². The van der Waals surface area contributed by atoms with Crippen LogP contribution in [-0.2, 0) is 10.0 Å². The summed E-state index contributed by atoms with van der Waals surface area (Å²) in [7, 11) is -3.46. The smallest absolute Gasteiger partial charge is 0.244 e. The highest BCUT2D eigenvalue weighted by Gasteiger charge is 2.34. The van der Waals surface area contributed by atoms with Crippen LogP contribution < -0.4 is 11.3 Å². The van der Waals surface area contributed by atoms with Gasteiger partial charge in [-0.1, -0.05) is 13.8 Å². The minimum absolute atomic E-state index is 0.0253. The fraction of sp³-hybridized carbons (Fsp3) is 0.583. The van der Waals surface area contributed by atoms with E-state index in [0.29, 0.717) is 18.9 Å². The van der Waals surface area contributed by atoms with E-state index in [4.69, 9.17) is 5.84 Å². The maximum absolute atomic E-state index is 12.5. The van der Waals surface area contributed by atoms with Crippen molar-refractivity contribution in [2.45, 2.75) is 31.6 Å². The Kier molecular flexibility index (Phi) is 3.80. The molecule has 19 heavy (non-hydrogen) atoms. The average Bonchev–Trinajstić information content (AvgIpc) is 2.37. The molecule has 0 bridgehead atoms. The third-order valence-electron chi connectivity index (χ3n) is 3.39. The Hall–Kier alpha value is -1.18. The number of aromatic nitrogens is 1. The van der Waals surface area contributed by atoms with Gasteiger partial charge in [-0.05, 0) is 30.4 Å². The molecule has 0 aliphatic carbocycles. The molecule has 0 atom stereocenters. The summed E-state index contributed by atoms with van der Waals surface area (Å²) in [5.41, 5.74) is 2.40. The quantitative estimate of drug-likeness (QED) is 0.642. The number of pyridine rings is 1. The standard InChI is InChI=1S/C12H20N4O2S/c1-12(2)6-3-7-16(9-12)19(17,18)10-4-5-11(15-13)14-8-10/h4-5,8H,3,6-7,9,13H2,1-2H3,(H,14,15). The van der Waals surface area contributed by atoms with Gasteiger partial charge >= 0.3 is 0 Å². The number of nitrogens with zero attached hydrogens (tertiary/aromatic N) is 2. The summed E-state index contributed by atoms with van der Waals surface area (Å²) in [5.74, 6) is 5.66. The lowest BCUT2D eigenvalue weighted by molar-refractivity contribution is 0.187. The highest BCUT2D eigenvalue weighted by Crippen LogP contribution is 2.31. The lowest BCUT2D eigenvalue weighted by Crippen LogP contribution is -2.43. The molecule has 0 amide bonds. The first-order valence-corrected chi connectivity index (χ1v) is 7.72. The Balaban J connectivity index is 2.26. The van der Waals surface area contributed by atoms with Crippen LogP contribution in [0.15, 0.2) is 23.2 Å². The van der Waals surface area contributed by atoms with Crippen LogP contribution in [0.2, 0.25) is 0 Å². The lowest BCUT2D eigenvalue weighted by Gasteiger charge is -2.37. The van der Waals surface area contributed by atoms with E-state index < -0.39 is 10.0 Å². The number of rotatable bonds is 3. The number of hydrazine groups is 1. The van der Waals surface area contributed by atoms with E-state index >= 15 is 0 Å². The van der Waals surface area contributed by atoms with E-state index in [1.165, 1.54) is 12.3 Å². The van der Waals surface area contributed by atoms with Gasteiger partial charge in [-0.15, -0.1) is 0 Å². The molecule has 1 aromatic rings. The number of hydrogen-bond donors (Lipinski definition) is 2. The second kappa shape index (κ2) is 5.07. The molecular weight excluding hydrogens is 264 g/mol. The van der Waals surface area contributed by atoms with Crippen molar-refractivity contribution in [2.24, 2.45) is 11.3 Å². The highest BCUT2D eigenvalue weighted by atomic mass is 32.2. The van der Waals surface area contributed by atoms with Gasteiger partial charge in [-0.3, -0.25) is 0 Å². The molecule has 1 fully saturated rings. The van der Waals surface area contributed by atoms with E-state index in [0.717, 1.165) is 12.8 Å². The molecule has 0 spiro atoms. The van der Waals surface area contributed by atoms with Crippen molar-refractivity contribution in [3.05, 3.63) is 18.3 Å². The molecule has 1 aromatic heterocycles. The van der Waals surface area contributed by atoms with Crippen LogP contribution in [-0.4, -0.2) is 30.8 Å². The Morgan fingerprint density at radius 3 is 2.68 bits per heavy atom. The van der Waals surface area contributed by atoms with Crippen LogP contribution in [0.3, 0.4) is 0 Å². The number of nitrogens with one attached hydrogen (secondary N) is 1. The predicted octanol–water partition coefficient (Wildman–Crippen LogP) is 1.18. The van der Waals surface area contributed by atoms with Crippen molar-refractivity contribution in [2.75, 3.05) is 18.5 Å². The summed E-state index contributed by atoms with van der Waals surface area (Å²) in [5, 5.41) is 0. The molecule has 3 N–H and O–H groups in total. The summed E-state index contributed by atoms with van der Waals surface area (Å²) in [4.78, 5) is 4.16. The fourth-order valence-electron chi connectivity index (χ4n) is 2.34. The van der Waals surface area contributed by atoms with Gasteiger partial charge < -0.3 is 5.43 Å². The van der Waals surface area contributed by atoms with E-state index in [1.54, 1.807) is 10.4 Å². The molecule has 6 nitrogen and oxygen atoms in total. The van der Waals surface area contributed by atoms with Crippen LogP contribution in [0.1, 0.15) is 26.7 Å². The SMILES string of the molecule is CC1(C)CCCN(S(=O)(=O)c2ccc(NN)nc2)C1. The molecule has 1 saturated heterocycles. The number of piperidine rings is 1. The van der Waals surface area contributed by atoms with Gasteiger partial charge in [0.15, 0.2) is 0 Å². The normalized spacial score (nSPS) is 20.2. The van der Waals surface area contributed by atoms with Gasteiger partial charge in [0.2, 0.25) is 10.0 Å². The predicted molar refractivity (Wildman–Crippen MR) is 73.8 cm³/mol. The zero-order valence-electron chi connectivity index (χ0n) is 11.3. The van der Waals surface area contributed by atoms with E-state index in [-0.39, 0.29) is 10.3 Å². The summed E-state index contributed by atoms with van der Waals surface area (Å²) in [6.45, 7) is 5.30. The van der Waals surface area contributed by atoms with Crippen LogP contribution in [0.5, 0.6) is 0 Å². The van der Waals surface area contributed by atoms with Crippen molar-refractivity contribution in [3.63, 3.8) is 0 Å². The molecule has 0 aromatic carbocycles. The van der Waals surface area contributed by atoms with Crippen molar-refractivity contribution in [1.29, 1.82) is 0 Å². The molecule has 7 heteroatoms. The zero-order chi connectivity index (χ0) is 14.1. The molecule has 0 radical (unpaired) electrons. The van der Waals surface area contributed by atoms with Crippen LogP contribution in [0, 0.1) is 5.41 Å². The maximum Gasteiger partial charge on any atom is 0.244 e. The lowest BCUT2D eigenvalue weighted by atomic mass is 9.85. The first-order valence-electron chi connectivity index (χ1n) is 6.28. The molecular formula is C12H20N4O2S. The summed E-state index contributed by atoms with van der Waals surface area (Å²) < 4.78 is 26.6. The number of nitrogens with two attached hydrogens (primary N) is 1. The third-order valence-corrected chi connectivity index (χ3v) is 5.22. The minimum atomic E-state index is -3.46. The minimum Gasteiger partial charge on any atom is -0.308 e. The van der Waals surface area contributed by atoms with Crippen molar-refractivity contribution >= 4 is 15.8 Å². The molecule has 2 heterocycles. The van der Waals surface area contributed by atoms with Gasteiger partial charge in [0, 0.05) is 19.3 Å². The second-order valence-corrected chi connectivity index (χ2v) is 7.57. The number of sulfonamides is 1. The van der Waals surface area contributed by atoms with E-state index in [9.17, 15) is 8.42 Å². The summed E-state index contributed by atoms with van der Waals surface area (Å²) in [6.07, 6.45) is 3.28. The largest absolute Gasteiger partial charge is 0.308 e. The third kappa shape index (κ3) is 3.05. The average molecular weight is 284 g/mol. The van der Waals surface area contributed by atoms with Gasteiger partial charge in [-0.2, -0.15) is 4.31 Å². The highest BCUT2D eigenvalue weighted by molar-refractivity contribution is 7.89. The van der Waals surface area contributed by atoms with Gasteiger partial charge in [-0.25, -0.2) is 19.2 Å². The topological polar surface area (TPSA) is 88.3 Å². The van der Waals surface area contributed by atoms with Gasteiger partial charge in [0.05, 0.1) is 0 Å². The van der Waals surface area contributed by atoms with Crippen molar-refractivity contribution in [3.8, 4) is 0 Å². The van der Waals surface area contributed by atoms with Gasteiger partial charge in [0.25, 0.3) is 0 Å². The first-order chi connectivity index (χ1) is 8.85. The fourth-order valence-corrected chi connectivity index (χ4v) is 3.95. The monoisotopic (exact) mass is 284 g/mol. The summed E-state index contributed by atoms with van der Waals surface area (Å²) >= 11 is 0. The molecule has 1 aliphatic heterocycles. The van der Waals surface area contributed by atoms with Crippen LogP contribution in [0.4, 0.5) is 5.82 Å². The Morgan fingerprint density at radius 2 is 2.16 bits per heavy atom. The first kappa shape index (κ1) is 14.2. The van der Waals surface area contributed by atoms with Crippen molar-refractivity contribution < 1.29 is 8.42 Å². The Bertz CT molecular complexity index is 539. The second-order valence-electron chi connectivity index (χ2n) is 5.63. The molecule has 0 unspecified atom stereocenters. The number of hydrogen-bond acceptors (Lipinski definition) is 5. The van der Waals surface area contributed by atoms with Crippen LogP contribution in [0.25, 0.3) is 0 Å². The molecule has 2 rings (SSSR count). The number of nitrogen functional groups attached to an aromatic ring is 1. The molecule has 1 aliphatic rings. The molecule has 106 valence electrons.